The van der Waals surface area contributed by atoms with Gasteiger partial charge in [-0.25, -0.2) is 13.8 Å². The fourth-order valence-electron chi connectivity index (χ4n) is 2.68. The number of nitrogens with zero attached hydrogens (tertiary/aromatic N) is 2. The van der Waals surface area contributed by atoms with Crippen LogP contribution in [0.1, 0.15) is 25.3 Å². The number of nitrogens with one attached hydrogen (secondary N) is 2. The van der Waals surface area contributed by atoms with Gasteiger partial charge in [-0.2, -0.15) is 0 Å². The molecular formula is C17H27F2IN4. The molecule has 1 aliphatic rings. The smallest absolute Gasteiger partial charge is 0.191 e. The normalized spacial score (nSPS) is 16.6. The minimum Gasteiger partial charge on any atom is -0.357 e. The molecule has 1 heterocycles. The number of halogens is 3. The summed E-state index contributed by atoms with van der Waals surface area (Å²) in [6, 6.07) is 3.45. The molecular weight excluding hydrogens is 425 g/mol. The summed E-state index contributed by atoms with van der Waals surface area (Å²) in [5, 5.41) is 6.46. The molecule has 0 aliphatic carbocycles. The molecule has 0 bridgehead atoms. The fourth-order valence-corrected chi connectivity index (χ4v) is 2.68. The number of benzene rings is 1. The highest BCUT2D eigenvalue weighted by Gasteiger charge is 2.16. The summed E-state index contributed by atoms with van der Waals surface area (Å²) in [7, 11) is 2.14. The maximum absolute atomic E-state index is 13.6. The minimum absolute atomic E-state index is 0. The second-order valence-electron chi connectivity index (χ2n) is 6.06. The lowest BCUT2D eigenvalue weighted by Crippen LogP contribution is -2.42. The number of hydrogen-bond acceptors (Lipinski definition) is 2. The molecule has 136 valence electrons. The van der Waals surface area contributed by atoms with E-state index < -0.39 is 11.6 Å². The second kappa shape index (κ2) is 10.8. The van der Waals surface area contributed by atoms with Crippen molar-refractivity contribution in [2.45, 2.75) is 26.3 Å². The Morgan fingerprint density at radius 1 is 1.25 bits per heavy atom. The SMILES string of the molecule is CCNC(=NCc1cc(F)ccc1F)NCC1CCN(C)CC1.I. The van der Waals surface area contributed by atoms with Crippen LogP contribution in [0.2, 0.25) is 0 Å². The number of guanidine groups is 1. The summed E-state index contributed by atoms with van der Waals surface area (Å²) in [6.07, 6.45) is 2.34. The van der Waals surface area contributed by atoms with Gasteiger partial charge in [0.1, 0.15) is 11.6 Å². The van der Waals surface area contributed by atoms with Crippen molar-refractivity contribution >= 4 is 29.9 Å². The molecule has 0 unspecified atom stereocenters. The zero-order chi connectivity index (χ0) is 16.7. The zero-order valence-electron chi connectivity index (χ0n) is 14.3. The third kappa shape index (κ3) is 6.88. The van der Waals surface area contributed by atoms with Crippen LogP contribution in [0.25, 0.3) is 0 Å². The average molecular weight is 452 g/mol. The summed E-state index contributed by atoms with van der Waals surface area (Å²) < 4.78 is 26.8. The Labute approximate surface area is 160 Å². The highest BCUT2D eigenvalue weighted by Crippen LogP contribution is 2.14. The lowest BCUT2D eigenvalue weighted by Gasteiger charge is -2.29. The van der Waals surface area contributed by atoms with E-state index in [1.54, 1.807) is 0 Å². The molecule has 0 radical (unpaired) electrons. The van der Waals surface area contributed by atoms with Gasteiger partial charge in [-0.3, -0.25) is 0 Å². The van der Waals surface area contributed by atoms with Crippen LogP contribution in [0.3, 0.4) is 0 Å². The van der Waals surface area contributed by atoms with E-state index in [0.717, 1.165) is 38.3 Å². The first-order valence-corrected chi connectivity index (χ1v) is 8.23. The third-order valence-electron chi connectivity index (χ3n) is 4.16. The topological polar surface area (TPSA) is 39.7 Å². The maximum atomic E-state index is 13.6. The van der Waals surface area contributed by atoms with Gasteiger partial charge in [0.05, 0.1) is 6.54 Å². The predicted octanol–water partition coefficient (Wildman–Crippen LogP) is 2.98. The molecule has 1 aromatic rings. The van der Waals surface area contributed by atoms with Crippen LogP contribution < -0.4 is 10.6 Å². The van der Waals surface area contributed by atoms with E-state index in [9.17, 15) is 8.78 Å². The van der Waals surface area contributed by atoms with Crippen LogP contribution in [0.15, 0.2) is 23.2 Å². The molecule has 0 atom stereocenters. The number of hydrogen-bond donors (Lipinski definition) is 2. The number of likely N-dealkylation sites (tertiary alicyclic amines) is 1. The lowest BCUT2D eigenvalue weighted by atomic mass is 9.97. The van der Waals surface area contributed by atoms with Crippen LogP contribution in [-0.4, -0.2) is 44.1 Å². The molecule has 0 aromatic heterocycles. The molecule has 4 nitrogen and oxygen atoms in total. The van der Waals surface area contributed by atoms with E-state index in [-0.39, 0.29) is 36.1 Å². The van der Waals surface area contributed by atoms with Gasteiger partial charge in [0, 0.05) is 18.7 Å². The van der Waals surface area contributed by atoms with Crippen LogP contribution in [0, 0.1) is 17.6 Å². The second-order valence-corrected chi connectivity index (χ2v) is 6.06. The van der Waals surface area contributed by atoms with Crippen molar-refractivity contribution in [1.82, 2.24) is 15.5 Å². The Morgan fingerprint density at radius 2 is 1.96 bits per heavy atom. The van der Waals surface area contributed by atoms with Crippen LogP contribution >= 0.6 is 24.0 Å². The van der Waals surface area contributed by atoms with Gasteiger partial charge in [-0.1, -0.05) is 0 Å². The third-order valence-corrected chi connectivity index (χ3v) is 4.16. The Balaban J connectivity index is 0.00000288. The number of rotatable bonds is 5. The largest absolute Gasteiger partial charge is 0.357 e. The molecule has 1 saturated heterocycles. The average Bonchev–Trinajstić information content (AvgIpc) is 2.54. The molecule has 7 heteroatoms. The van der Waals surface area contributed by atoms with Crippen molar-refractivity contribution in [3.8, 4) is 0 Å². The van der Waals surface area contributed by atoms with Crippen LogP contribution in [0.5, 0.6) is 0 Å². The number of piperidine rings is 1. The van der Waals surface area contributed by atoms with E-state index >= 15 is 0 Å². The first kappa shape index (κ1) is 21.1. The van der Waals surface area contributed by atoms with Gasteiger partial charge in [0.25, 0.3) is 0 Å². The first-order chi connectivity index (χ1) is 11.1. The molecule has 1 aliphatic heterocycles. The van der Waals surface area contributed by atoms with Crippen molar-refractivity contribution in [3.05, 3.63) is 35.4 Å². The van der Waals surface area contributed by atoms with Gasteiger partial charge < -0.3 is 15.5 Å². The van der Waals surface area contributed by atoms with Gasteiger partial charge in [0.15, 0.2) is 5.96 Å². The minimum atomic E-state index is -0.444. The van der Waals surface area contributed by atoms with Crippen molar-refractivity contribution in [2.24, 2.45) is 10.9 Å². The monoisotopic (exact) mass is 452 g/mol. The van der Waals surface area contributed by atoms with E-state index in [2.05, 4.69) is 27.6 Å². The molecule has 2 N–H and O–H groups in total. The molecule has 0 spiro atoms. The van der Waals surface area contributed by atoms with E-state index in [4.69, 9.17) is 0 Å². The quantitative estimate of drug-likeness (QED) is 0.410. The molecule has 2 rings (SSSR count). The number of aliphatic imine (C=N–C) groups is 1. The van der Waals surface area contributed by atoms with Crippen LogP contribution in [0.4, 0.5) is 8.78 Å². The first-order valence-electron chi connectivity index (χ1n) is 8.23. The zero-order valence-corrected chi connectivity index (χ0v) is 16.6. The van der Waals surface area contributed by atoms with Crippen molar-refractivity contribution < 1.29 is 8.78 Å². The highest BCUT2D eigenvalue weighted by atomic mass is 127. The Kier molecular flexibility index (Phi) is 9.50. The van der Waals surface area contributed by atoms with Gasteiger partial charge in [-0.05, 0) is 64.0 Å². The highest BCUT2D eigenvalue weighted by molar-refractivity contribution is 14.0. The molecule has 0 amide bonds. The predicted molar refractivity (Wildman–Crippen MR) is 105 cm³/mol. The molecule has 1 fully saturated rings. The fraction of sp³-hybridized carbons (Fsp3) is 0.588. The van der Waals surface area contributed by atoms with E-state index in [1.807, 2.05) is 6.92 Å². The molecule has 24 heavy (non-hydrogen) atoms. The Hall–Kier alpha value is -0.960. The maximum Gasteiger partial charge on any atom is 0.191 e. The van der Waals surface area contributed by atoms with Crippen molar-refractivity contribution in [3.63, 3.8) is 0 Å². The lowest BCUT2D eigenvalue weighted by molar-refractivity contribution is 0.220. The van der Waals surface area contributed by atoms with Gasteiger partial charge in [0.2, 0.25) is 0 Å². The van der Waals surface area contributed by atoms with Gasteiger partial charge >= 0.3 is 0 Å². The van der Waals surface area contributed by atoms with Crippen LogP contribution in [-0.2, 0) is 6.54 Å². The van der Waals surface area contributed by atoms with Crippen molar-refractivity contribution in [1.29, 1.82) is 0 Å². The molecule has 1 aromatic carbocycles. The Bertz CT molecular complexity index is 531. The van der Waals surface area contributed by atoms with E-state index in [1.165, 1.54) is 18.9 Å². The molecule has 0 saturated carbocycles. The van der Waals surface area contributed by atoms with E-state index in [0.29, 0.717) is 11.9 Å². The summed E-state index contributed by atoms with van der Waals surface area (Å²) in [5.74, 6) is 0.401. The van der Waals surface area contributed by atoms with Gasteiger partial charge in [-0.15, -0.1) is 24.0 Å². The Morgan fingerprint density at radius 3 is 2.62 bits per heavy atom. The summed E-state index contributed by atoms with van der Waals surface area (Å²) >= 11 is 0. The standard InChI is InChI=1S/C17H26F2N4.HI/c1-3-20-17(21-11-13-6-8-23(2)9-7-13)22-12-14-10-15(18)4-5-16(14)19;/h4-5,10,13H,3,6-9,11-12H2,1-2H3,(H2,20,21,22);1H. The summed E-state index contributed by atoms with van der Waals surface area (Å²) in [5.41, 5.74) is 0.265. The summed E-state index contributed by atoms with van der Waals surface area (Å²) in [6.45, 7) is 5.92. The summed E-state index contributed by atoms with van der Waals surface area (Å²) in [4.78, 5) is 6.70. The van der Waals surface area contributed by atoms with Crippen molar-refractivity contribution in [2.75, 3.05) is 33.2 Å².